The monoisotopic (exact) mass is 247 g/mol. The van der Waals surface area contributed by atoms with Gasteiger partial charge in [0.2, 0.25) is 0 Å². The largest absolute Gasteiger partial charge is 0.250 e. The van der Waals surface area contributed by atoms with Crippen LogP contribution in [0.25, 0.3) is 6.08 Å². The molecule has 3 heteroatoms. The Balaban J connectivity index is 1.98. The van der Waals surface area contributed by atoms with Gasteiger partial charge in [0, 0.05) is 11.2 Å². The van der Waals surface area contributed by atoms with Crippen LogP contribution in [-0.2, 0) is 0 Å². The van der Waals surface area contributed by atoms with E-state index in [-0.39, 0.29) is 0 Å². The summed E-state index contributed by atoms with van der Waals surface area (Å²) in [4.78, 5) is 4.21. The normalized spacial score (nSPS) is 10.8. The fourth-order valence-corrected chi connectivity index (χ4v) is 1.94. The summed E-state index contributed by atoms with van der Waals surface area (Å²) in [5, 5.41) is 3.77. The van der Waals surface area contributed by atoms with Gasteiger partial charge >= 0.3 is 0 Å². The summed E-state index contributed by atoms with van der Waals surface area (Å²) in [6, 6.07) is 13.6. The quantitative estimate of drug-likeness (QED) is 0.741. The minimum absolute atomic E-state index is 0.759. The van der Waals surface area contributed by atoms with Crippen molar-refractivity contribution < 1.29 is 0 Å². The van der Waals surface area contributed by atoms with Crippen molar-refractivity contribution in [1.82, 2.24) is 4.98 Å². The minimum atomic E-state index is 0.759. The zero-order valence-electron chi connectivity index (χ0n) is 8.51. The van der Waals surface area contributed by atoms with Crippen LogP contribution >= 0.6 is 23.4 Å². The molecule has 0 bridgehead atoms. The summed E-state index contributed by atoms with van der Waals surface area (Å²) in [5.41, 5.74) is 1.13. The van der Waals surface area contributed by atoms with E-state index in [0.717, 1.165) is 15.6 Å². The van der Waals surface area contributed by atoms with Gasteiger partial charge in [-0.1, -0.05) is 41.6 Å². The van der Waals surface area contributed by atoms with E-state index in [1.807, 2.05) is 53.9 Å². The van der Waals surface area contributed by atoms with E-state index in [0.29, 0.717) is 0 Å². The number of nitrogens with zero attached hydrogens (tertiary/aromatic N) is 1. The summed E-state index contributed by atoms with van der Waals surface area (Å²) in [5.74, 6) is 0. The molecule has 2 aromatic rings. The first kappa shape index (κ1) is 11.2. The lowest BCUT2D eigenvalue weighted by Crippen LogP contribution is -1.73. The Bertz CT molecular complexity index is 465. The molecule has 80 valence electrons. The van der Waals surface area contributed by atoms with E-state index in [2.05, 4.69) is 4.98 Å². The van der Waals surface area contributed by atoms with Gasteiger partial charge in [-0.2, -0.15) is 0 Å². The standard InChI is InChI=1S/C13H10ClNS/c14-12-6-4-11(5-7-12)8-10-16-13-3-1-2-9-15-13/h1-10H/b10-8+. The van der Waals surface area contributed by atoms with Gasteiger partial charge in [-0.05, 0) is 41.3 Å². The van der Waals surface area contributed by atoms with Crippen LogP contribution in [0.2, 0.25) is 5.02 Å². The molecule has 0 fully saturated rings. The number of aromatic nitrogens is 1. The molecule has 0 aliphatic heterocycles. The van der Waals surface area contributed by atoms with Crippen LogP contribution in [0.15, 0.2) is 59.1 Å². The Kier molecular flexibility index (Phi) is 4.03. The highest BCUT2D eigenvalue weighted by Gasteiger charge is 1.90. The lowest BCUT2D eigenvalue weighted by molar-refractivity contribution is 1.14. The van der Waals surface area contributed by atoms with Crippen LogP contribution in [0.3, 0.4) is 0 Å². The van der Waals surface area contributed by atoms with Crippen molar-refractivity contribution in [2.24, 2.45) is 0 Å². The molecule has 0 unspecified atom stereocenters. The molecule has 2 rings (SSSR count). The Hall–Kier alpha value is -1.25. The molecule has 0 amide bonds. The molecule has 1 heterocycles. The Morgan fingerprint density at radius 3 is 2.56 bits per heavy atom. The van der Waals surface area contributed by atoms with E-state index in [4.69, 9.17) is 11.6 Å². The fraction of sp³-hybridized carbons (Fsp3) is 0. The second-order valence-electron chi connectivity index (χ2n) is 3.14. The molecule has 0 saturated carbocycles. The van der Waals surface area contributed by atoms with Gasteiger partial charge in [0.1, 0.15) is 5.03 Å². The summed E-state index contributed by atoms with van der Waals surface area (Å²) >= 11 is 7.40. The van der Waals surface area contributed by atoms with E-state index in [1.54, 1.807) is 18.0 Å². The third kappa shape index (κ3) is 3.40. The van der Waals surface area contributed by atoms with Crippen molar-refractivity contribution >= 4 is 29.4 Å². The first-order valence-corrected chi connectivity index (χ1v) is 6.10. The molecule has 1 nitrogen and oxygen atoms in total. The maximum absolute atomic E-state index is 5.80. The SMILES string of the molecule is Clc1ccc(/C=C/Sc2ccccn2)cc1. The number of pyridine rings is 1. The van der Waals surface area contributed by atoms with Gasteiger partial charge in [-0.15, -0.1) is 0 Å². The van der Waals surface area contributed by atoms with Gasteiger partial charge in [0.25, 0.3) is 0 Å². The van der Waals surface area contributed by atoms with Crippen LogP contribution in [0.5, 0.6) is 0 Å². The molecule has 0 radical (unpaired) electrons. The van der Waals surface area contributed by atoms with E-state index >= 15 is 0 Å². The predicted octanol–water partition coefficient (Wildman–Crippen LogP) is 4.50. The molecule has 0 atom stereocenters. The number of hydrogen-bond donors (Lipinski definition) is 0. The topological polar surface area (TPSA) is 12.9 Å². The van der Waals surface area contributed by atoms with Gasteiger partial charge in [0.05, 0.1) is 0 Å². The van der Waals surface area contributed by atoms with Crippen molar-refractivity contribution in [3.8, 4) is 0 Å². The molecule has 0 N–H and O–H groups in total. The summed E-state index contributed by atoms with van der Waals surface area (Å²) < 4.78 is 0. The lowest BCUT2D eigenvalue weighted by Gasteiger charge is -1.94. The summed E-state index contributed by atoms with van der Waals surface area (Å²) in [7, 11) is 0. The third-order valence-electron chi connectivity index (χ3n) is 1.96. The zero-order valence-corrected chi connectivity index (χ0v) is 10.1. The Morgan fingerprint density at radius 1 is 1.06 bits per heavy atom. The molecule has 0 aliphatic carbocycles. The van der Waals surface area contributed by atoms with E-state index < -0.39 is 0 Å². The summed E-state index contributed by atoms with van der Waals surface area (Å²) in [6.45, 7) is 0. The van der Waals surface area contributed by atoms with Crippen molar-refractivity contribution in [1.29, 1.82) is 0 Å². The van der Waals surface area contributed by atoms with Gasteiger partial charge in [-0.3, -0.25) is 0 Å². The smallest absolute Gasteiger partial charge is 0.100 e. The van der Waals surface area contributed by atoms with Crippen LogP contribution in [0.1, 0.15) is 5.56 Å². The zero-order chi connectivity index (χ0) is 11.2. The average Bonchev–Trinajstić information content (AvgIpc) is 2.33. The Labute approximate surface area is 104 Å². The number of halogens is 1. The number of benzene rings is 1. The van der Waals surface area contributed by atoms with Crippen molar-refractivity contribution in [3.63, 3.8) is 0 Å². The Morgan fingerprint density at radius 2 is 1.88 bits per heavy atom. The highest BCUT2D eigenvalue weighted by molar-refractivity contribution is 8.02. The minimum Gasteiger partial charge on any atom is -0.250 e. The highest BCUT2D eigenvalue weighted by Crippen LogP contribution is 2.18. The van der Waals surface area contributed by atoms with Crippen LogP contribution in [-0.4, -0.2) is 4.98 Å². The number of thioether (sulfide) groups is 1. The van der Waals surface area contributed by atoms with Crippen molar-refractivity contribution in [3.05, 3.63) is 64.7 Å². The number of rotatable bonds is 3. The van der Waals surface area contributed by atoms with Crippen LogP contribution in [0, 0.1) is 0 Å². The highest BCUT2D eigenvalue weighted by atomic mass is 35.5. The third-order valence-corrected chi connectivity index (χ3v) is 2.96. The van der Waals surface area contributed by atoms with Gasteiger partial charge in [0.15, 0.2) is 0 Å². The first-order chi connectivity index (χ1) is 7.84. The van der Waals surface area contributed by atoms with Gasteiger partial charge in [-0.25, -0.2) is 4.98 Å². The van der Waals surface area contributed by atoms with Crippen LogP contribution < -0.4 is 0 Å². The maximum Gasteiger partial charge on any atom is 0.100 e. The van der Waals surface area contributed by atoms with Crippen molar-refractivity contribution in [2.45, 2.75) is 5.03 Å². The summed E-state index contributed by atoms with van der Waals surface area (Å²) in [6.07, 6.45) is 3.83. The second-order valence-corrected chi connectivity index (χ2v) is 4.50. The molecular formula is C13H10ClNS. The second kappa shape index (κ2) is 5.73. The lowest BCUT2D eigenvalue weighted by atomic mass is 10.2. The van der Waals surface area contributed by atoms with Crippen LogP contribution in [0.4, 0.5) is 0 Å². The predicted molar refractivity (Wildman–Crippen MR) is 70.6 cm³/mol. The molecule has 0 saturated heterocycles. The molecule has 16 heavy (non-hydrogen) atoms. The molecular weight excluding hydrogens is 238 g/mol. The number of hydrogen-bond acceptors (Lipinski definition) is 2. The molecule has 0 aliphatic rings. The molecule has 1 aromatic heterocycles. The van der Waals surface area contributed by atoms with Crippen molar-refractivity contribution in [2.75, 3.05) is 0 Å². The maximum atomic E-state index is 5.80. The molecule has 1 aromatic carbocycles. The molecule has 0 spiro atoms. The van der Waals surface area contributed by atoms with Gasteiger partial charge < -0.3 is 0 Å². The average molecular weight is 248 g/mol. The first-order valence-electron chi connectivity index (χ1n) is 4.84. The van der Waals surface area contributed by atoms with E-state index in [9.17, 15) is 0 Å². The van der Waals surface area contributed by atoms with E-state index in [1.165, 1.54) is 0 Å². The fourth-order valence-electron chi connectivity index (χ4n) is 1.17.